The largest absolute Gasteiger partial charge is 0.292 e. The van der Waals surface area contributed by atoms with Gasteiger partial charge in [-0.2, -0.15) is 0 Å². The van der Waals surface area contributed by atoms with Crippen LogP contribution in [0.5, 0.6) is 0 Å². The van der Waals surface area contributed by atoms with E-state index in [-0.39, 0.29) is 0 Å². The van der Waals surface area contributed by atoms with E-state index >= 15 is 0 Å². The Morgan fingerprint density at radius 1 is 0.730 bits per heavy atom. The van der Waals surface area contributed by atoms with Crippen molar-refractivity contribution in [2.24, 2.45) is 0 Å². The van der Waals surface area contributed by atoms with Crippen molar-refractivity contribution in [3.63, 3.8) is 0 Å². The summed E-state index contributed by atoms with van der Waals surface area (Å²) in [4.78, 5) is 7.69. The summed E-state index contributed by atoms with van der Waals surface area (Å²) in [6, 6.07) is 32.6. The Morgan fingerprint density at radius 3 is 2.14 bits per heavy atom. The Balaban J connectivity index is 1.60. The molecule has 1 aliphatic carbocycles. The van der Waals surface area contributed by atoms with Crippen LogP contribution in [-0.2, 0) is 21.7 Å². The zero-order valence-electron chi connectivity index (χ0n) is 20.1. The maximum Gasteiger partial charge on any atom is 0.210 e. The van der Waals surface area contributed by atoms with Gasteiger partial charge in [0.25, 0.3) is 0 Å². The van der Waals surface area contributed by atoms with Gasteiger partial charge >= 0.3 is 0 Å². The molecule has 1 aromatic heterocycles. The maximum absolute atomic E-state index is 14.1. The summed E-state index contributed by atoms with van der Waals surface area (Å²) in [5.41, 5.74) is 8.49. The summed E-state index contributed by atoms with van der Waals surface area (Å²) in [5, 5.41) is 0. The summed E-state index contributed by atoms with van der Waals surface area (Å²) in [5.74, 6) is 0.776. The van der Waals surface area contributed by atoms with Crippen LogP contribution in [-0.4, -0.2) is 13.4 Å². The normalized spacial score (nSPS) is 16.4. The van der Waals surface area contributed by atoms with Gasteiger partial charge in [-0.1, -0.05) is 79.7 Å². The number of aromatic nitrogens is 1. The van der Waals surface area contributed by atoms with Crippen molar-refractivity contribution in [2.45, 2.75) is 28.6 Å². The highest BCUT2D eigenvalue weighted by atomic mass is 32.2. The van der Waals surface area contributed by atoms with Crippen molar-refractivity contribution in [3.8, 4) is 11.1 Å². The second-order valence-electron chi connectivity index (χ2n) is 9.86. The number of para-hydroxylation sites is 1. The summed E-state index contributed by atoms with van der Waals surface area (Å²) in [7, 11) is -3.73. The number of hydrogen-bond donors (Lipinski definition) is 0. The minimum Gasteiger partial charge on any atom is -0.292 e. The van der Waals surface area contributed by atoms with Crippen LogP contribution in [0.15, 0.2) is 113 Å². The fourth-order valence-corrected chi connectivity index (χ4v) is 8.37. The standard InChI is InChI=1S/C32H22N2O2S/c1-2-20-16-17-28-27(19-20)34-30-25(13-7-15-29(30)37(28,35)36)32(26-14-8-18-33-31(26)34)23-11-5-3-9-21(23)22-10-4-6-12-24(22)32/h3-19H,2H2,1H3. The van der Waals surface area contributed by atoms with E-state index in [1.54, 1.807) is 18.3 Å². The number of fused-ring (bicyclic) bond motifs is 11. The smallest absolute Gasteiger partial charge is 0.210 e. The Kier molecular flexibility index (Phi) is 3.93. The highest BCUT2D eigenvalue weighted by Crippen LogP contribution is 2.65. The van der Waals surface area contributed by atoms with Crippen molar-refractivity contribution in [2.75, 3.05) is 4.90 Å². The van der Waals surface area contributed by atoms with Gasteiger partial charge < -0.3 is 0 Å². The van der Waals surface area contributed by atoms with Gasteiger partial charge in [-0.3, -0.25) is 4.90 Å². The third-order valence-corrected chi connectivity index (χ3v) is 10.1. The van der Waals surface area contributed by atoms with E-state index in [1.165, 1.54) is 11.1 Å². The molecule has 0 unspecified atom stereocenters. The van der Waals surface area contributed by atoms with Crippen molar-refractivity contribution < 1.29 is 8.42 Å². The van der Waals surface area contributed by atoms with Crippen LogP contribution in [0.2, 0.25) is 0 Å². The van der Waals surface area contributed by atoms with Gasteiger partial charge in [0.05, 0.1) is 26.6 Å². The molecule has 0 saturated heterocycles. The molecule has 178 valence electrons. The number of hydrogen-bond acceptors (Lipinski definition) is 4. The minimum atomic E-state index is -3.73. The van der Waals surface area contributed by atoms with Gasteiger partial charge in [0.1, 0.15) is 5.82 Å². The molecule has 3 aliphatic rings. The molecular weight excluding hydrogens is 476 g/mol. The third-order valence-electron chi connectivity index (χ3n) is 8.23. The Morgan fingerprint density at radius 2 is 1.41 bits per heavy atom. The topological polar surface area (TPSA) is 50.3 Å². The van der Waals surface area contributed by atoms with E-state index in [1.807, 2.05) is 24.3 Å². The highest BCUT2D eigenvalue weighted by molar-refractivity contribution is 7.92. The number of nitrogens with zero attached hydrogens (tertiary/aromatic N) is 2. The highest BCUT2D eigenvalue weighted by Gasteiger charge is 2.54. The average Bonchev–Trinajstić information content (AvgIpc) is 3.23. The van der Waals surface area contributed by atoms with Crippen LogP contribution in [0.1, 0.15) is 34.7 Å². The average molecular weight is 499 g/mol. The molecule has 0 atom stereocenters. The first-order chi connectivity index (χ1) is 18.1. The molecule has 0 saturated carbocycles. The van der Waals surface area contributed by atoms with E-state index < -0.39 is 15.3 Å². The molecule has 37 heavy (non-hydrogen) atoms. The van der Waals surface area contributed by atoms with E-state index in [2.05, 4.69) is 72.5 Å². The van der Waals surface area contributed by atoms with Crippen LogP contribution in [0.4, 0.5) is 17.2 Å². The van der Waals surface area contributed by atoms with Crippen LogP contribution < -0.4 is 4.90 Å². The molecule has 0 amide bonds. The number of aryl methyl sites for hydroxylation is 1. The molecule has 0 fully saturated rings. The lowest BCUT2D eigenvalue weighted by atomic mass is 9.65. The monoisotopic (exact) mass is 498 g/mol. The molecule has 0 bridgehead atoms. The van der Waals surface area contributed by atoms with E-state index in [0.29, 0.717) is 21.2 Å². The first kappa shape index (κ1) is 20.9. The molecule has 5 heteroatoms. The van der Waals surface area contributed by atoms with Crippen molar-refractivity contribution in [3.05, 3.63) is 131 Å². The van der Waals surface area contributed by atoms with Crippen molar-refractivity contribution in [1.82, 2.24) is 4.98 Å². The summed E-state index contributed by atoms with van der Waals surface area (Å²) >= 11 is 0. The number of pyridine rings is 1. The zero-order chi connectivity index (χ0) is 24.9. The summed E-state index contributed by atoms with van der Waals surface area (Å²) < 4.78 is 28.2. The molecule has 5 aromatic rings. The lowest BCUT2D eigenvalue weighted by molar-refractivity contribution is 0.593. The zero-order valence-corrected chi connectivity index (χ0v) is 21.0. The molecular formula is C32H22N2O2S. The fraction of sp³-hybridized carbons (Fsp3) is 0.0938. The lowest BCUT2D eigenvalue weighted by Gasteiger charge is -2.46. The van der Waals surface area contributed by atoms with E-state index in [4.69, 9.17) is 4.98 Å². The van der Waals surface area contributed by atoms with E-state index in [0.717, 1.165) is 40.1 Å². The van der Waals surface area contributed by atoms with Gasteiger partial charge in [0, 0.05) is 11.8 Å². The van der Waals surface area contributed by atoms with Crippen LogP contribution in [0.25, 0.3) is 11.1 Å². The van der Waals surface area contributed by atoms with Gasteiger partial charge in [0.2, 0.25) is 9.84 Å². The lowest BCUT2D eigenvalue weighted by Crippen LogP contribution is -2.39. The summed E-state index contributed by atoms with van der Waals surface area (Å²) in [6.45, 7) is 2.09. The molecule has 4 aromatic carbocycles. The molecule has 1 spiro atoms. The van der Waals surface area contributed by atoms with Crippen molar-refractivity contribution >= 4 is 27.0 Å². The predicted molar refractivity (Wildman–Crippen MR) is 145 cm³/mol. The SMILES string of the molecule is CCc1ccc2c(c1)N1c3ncccc3C3(c4ccccc4-c4ccccc43)c3cccc(c31)S2(=O)=O. The number of rotatable bonds is 1. The molecule has 0 radical (unpaired) electrons. The van der Waals surface area contributed by atoms with Gasteiger partial charge in [-0.05, 0) is 64.1 Å². The number of sulfone groups is 1. The maximum atomic E-state index is 14.1. The third kappa shape index (κ3) is 2.34. The second-order valence-corrected chi connectivity index (χ2v) is 11.7. The molecule has 2 aliphatic heterocycles. The van der Waals surface area contributed by atoms with Gasteiger partial charge in [-0.25, -0.2) is 13.4 Å². The second kappa shape index (κ2) is 6.96. The first-order valence-electron chi connectivity index (χ1n) is 12.5. The van der Waals surface area contributed by atoms with Crippen molar-refractivity contribution in [1.29, 1.82) is 0 Å². The number of anilines is 3. The summed E-state index contributed by atoms with van der Waals surface area (Å²) in [6.07, 6.45) is 2.62. The van der Waals surface area contributed by atoms with Crippen LogP contribution in [0.3, 0.4) is 0 Å². The fourth-order valence-electron chi connectivity index (χ4n) is 6.74. The van der Waals surface area contributed by atoms with Crippen LogP contribution in [0, 0.1) is 0 Å². The van der Waals surface area contributed by atoms with Gasteiger partial charge in [0.15, 0.2) is 0 Å². The number of benzene rings is 4. The molecule has 0 N–H and O–H groups in total. The Bertz CT molecular complexity index is 1860. The first-order valence-corrected chi connectivity index (χ1v) is 14.0. The minimum absolute atomic E-state index is 0.328. The quantitative estimate of drug-likeness (QED) is 0.246. The molecule has 8 rings (SSSR count). The molecule has 4 nitrogen and oxygen atoms in total. The van der Waals surface area contributed by atoms with Crippen LogP contribution >= 0.6 is 0 Å². The van der Waals surface area contributed by atoms with Gasteiger partial charge in [-0.15, -0.1) is 0 Å². The Hall–Kier alpha value is -4.22. The molecule has 3 heterocycles. The van der Waals surface area contributed by atoms with E-state index in [9.17, 15) is 8.42 Å². The Labute approximate surface area is 215 Å². The predicted octanol–water partition coefficient (Wildman–Crippen LogP) is 6.94.